The summed E-state index contributed by atoms with van der Waals surface area (Å²) < 4.78 is 10.4. The average Bonchev–Trinajstić information content (AvgIpc) is 2.76. The normalized spacial score (nSPS) is 10.3. The highest BCUT2D eigenvalue weighted by Gasteiger charge is 2.19. The van der Waals surface area contributed by atoms with Crippen LogP contribution in [0.4, 0.5) is 22.7 Å². The van der Waals surface area contributed by atoms with Gasteiger partial charge >= 0.3 is 0 Å². The van der Waals surface area contributed by atoms with E-state index in [2.05, 4.69) is 15.6 Å². The lowest BCUT2D eigenvalue weighted by Gasteiger charge is -2.12. The minimum Gasteiger partial charge on any atom is -0.474 e. The van der Waals surface area contributed by atoms with Crippen molar-refractivity contribution in [2.45, 2.75) is 0 Å². The van der Waals surface area contributed by atoms with Crippen molar-refractivity contribution < 1.29 is 19.2 Å². The molecule has 9 nitrogen and oxygen atoms in total. The maximum Gasteiger partial charge on any atom is 0.293 e. The quantitative estimate of drug-likeness (QED) is 0.312. The van der Waals surface area contributed by atoms with E-state index in [4.69, 9.17) is 9.47 Å². The van der Waals surface area contributed by atoms with E-state index in [-0.39, 0.29) is 29.4 Å². The van der Waals surface area contributed by atoms with Gasteiger partial charge in [0.2, 0.25) is 5.88 Å². The van der Waals surface area contributed by atoms with E-state index >= 15 is 0 Å². The minimum atomic E-state index is -0.536. The molecule has 0 saturated heterocycles. The zero-order valence-electron chi connectivity index (χ0n) is 16.2. The van der Waals surface area contributed by atoms with Gasteiger partial charge in [0.05, 0.1) is 11.5 Å². The molecular formula is C21H20N4O5. The molecule has 1 amide bonds. The number of hydrogen-bond donors (Lipinski definition) is 2. The van der Waals surface area contributed by atoms with Crippen LogP contribution in [0.2, 0.25) is 0 Å². The number of rotatable bonds is 9. The summed E-state index contributed by atoms with van der Waals surface area (Å²) in [7, 11) is 1.55. The Morgan fingerprint density at radius 2 is 1.87 bits per heavy atom. The van der Waals surface area contributed by atoms with Crippen LogP contribution < -0.4 is 15.4 Å². The summed E-state index contributed by atoms with van der Waals surface area (Å²) in [6, 6.07) is 16.6. The smallest absolute Gasteiger partial charge is 0.293 e. The first kappa shape index (κ1) is 20.7. The molecule has 2 N–H and O–H groups in total. The molecule has 154 valence electrons. The van der Waals surface area contributed by atoms with E-state index in [1.807, 2.05) is 18.2 Å². The Hall–Kier alpha value is -3.98. The highest BCUT2D eigenvalue weighted by molar-refractivity contribution is 6.05. The second-order valence-electron chi connectivity index (χ2n) is 6.13. The van der Waals surface area contributed by atoms with Crippen molar-refractivity contribution in [3.8, 4) is 5.88 Å². The van der Waals surface area contributed by atoms with Gasteiger partial charge in [0, 0.05) is 30.6 Å². The molecule has 1 aromatic heterocycles. The Kier molecular flexibility index (Phi) is 6.91. The number of ether oxygens (including phenoxy) is 2. The van der Waals surface area contributed by atoms with Crippen LogP contribution in [0.3, 0.4) is 0 Å². The van der Waals surface area contributed by atoms with E-state index in [1.54, 1.807) is 31.4 Å². The van der Waals surface area contributed by atoms with Crippen molar-refractivity contribution >= 4 is 28.7 Å². The molecule has 0 saturated carbocycles. The molecule has 0 atom stereocenters. The molecular weight excluding hydrogens is 388 g/mol. The van der Waals surface area contributed by atoms with Gasteiger partial charge in [-0.1, -0.05) is 18.2 Å². The van der Waals surface area contributed by atoms with E-state index < -0.39 is 10.8 Å². The van der Waals surface area contributed by atoms with Gasteiger partial charge in [0.25, 0.3) is 11.6 Å². The van der Waals surface area contributed by atoms with Gasteiger partial charge in [-0.25, -0.2) is 4.98 Å². The van der Waals surface area contributed by atoms with Gasteiger partial charge in [0.15, 0.2) is 0 Å². The lowest BCUT2D eigenvalue weighted by molar-refractivity contribution is -0.383. The van der Waals surface area contributed by atoms with Crippen LogP contribution in [-0.4, -0.2) is 36.1 Å². The first-order valence-electron chi connectivity index (χ1n) is 9.07. The zero-order valence-corrected chi connectivity index (χ0v) is 16.2. The SMILES string of the molecule is COCCOc1ncccc1NC(=O)c1ccc(Nc2ccccc2)c([N+](=O)[O-])c1. The molecule has 0 aliphatic carbocycles. The topological polar surface area (TPSA) is 116 Å². The molecule has 30 heavy (non-hydrogen) atoms. The van der Waals surface area contributed by atoms with Gasteiger partial charge in [-0.05, 0) is 36.4 Å². The van der Waals surface area contributed by atoms with Crippen molar-refractivity contribution in [3.63, 3.8) is 0 Å². The van der Waals surface area contributed by atoms with Crippen LogP contribution >= 0.6 is 0 Å². The number of benzene rings is 2. The third-order valence-corrected chi connectivity index (χ3v) is 4.06. The van der Waals surface area contributed by atoms with E-state index in [0.717, 1.165) is 0 Å². The number of hydrogen-bond acceptors (Lipinski definition) is 7. The monoisotopic (exact) mass is 408 g/mol. The van der Waals surface area contributed by atoms with Gasteiger partial charge in [-0.3, -0.25) is 14.9 Å². The molecule has 1 heterocycles. The molecule has 0 unspecified atom stereocenters. The molecule has 0 bridgehead atoms. The molecule has 3 rings (SSSR count). The second kappa shape index (κ2) is 9.99. The third-order valence-electron chi connectivity index (χ3n) is 4.06. The number of anilines is 3. The zero-order chi connectivity index (χ0) is 21.3. The van der Waals surface area contributed by atoms with Crippen LogP contribution in [-0.2, 0) is 4.74 Å². The first-order chi connectivity index (χ1) is 14.6. The number of nitrogens with zero attached hydrogens (tertiary/aromatic N) is 2. The predicted octanol–water partition coefficient (Wildman–Crippen LogP) is 4.01. The number of nitro groups is 1. The van der Waals surface area contributed by atoms with E-state index in [9.17, 15) is 14.9 Å². The number of methoxy groups -OCH3 is 1. The standard InChI is InChI=1S/C21H20N4O5/c1-29-12-13-30-21-18(8-5-11-22-21)24-20(26)15-9-10-17(19(14-15)25(27)28)23-16-6-3-2-4-7-16/h2-11,14,23H,12-13H2,1H3,(H,24,26). The summed E-state index contributed by atoms with van der Waals surface area (Å²) in [6.45, 7) is 0.633. The van der Waals surface area contributed by atoms with Crippen LogP contribution in [0.15, 0.2) is 66.9 Å². The fourth-order valence-electron chi connectivity index (χ4n) is 2.62. The van der Waals surface area contributed by atoms with Crippen LogP contribution in [0.1, 0.15) is 10.4 Å². The molecule has 2 aromatic carbocycles. The van der Waals surface area contributed by atoms with E-state index in [0.29, 0.717) is 18.0 Å². The summed E-state index contributed by atoms with van der Waals surface area (Å²) in [6.07, 6.45) is 1.53. The van der Waals surface area contributed by atoms with Gasteiger partial charge < -0.3 is 20.1 Å². The number of para-hydroxylation sites is 1. The maximum absolute atomic E-state index is 12.7. The number of carbonyl (C=O) groups excluding carboxylic acids is 1. The fourth-order valence-corrected chi connectivity index (χ4v) is 2.62. The number of aromatic nitrogens is 1. The molecule has 0 aliphatic heterocycles. The Morgan fingerprint density at radius 1 is 1.07 bits per heavy atom. The fraction of sp³-hybridized carbons (Fsp3) is 0.143. The average molecular weight is 408 g/mol. The Balaban J connectivity index is 1.80. The highest BCUT2D eigenvalue weighted by Crippen LogP contribution is 2.29. The predicted molar refractivity (Wildman–Crippen MR) is 112 cm³/mol. The third kappa shape index (κ3) is 5.30. The summed E-state index contributed by atoms with van der Waals surface area (Å²) in [5.41, 5.74) is 1.26. The molecule has 3 aromatic rings. The van der Waals surface area contributed by atoms with E-state index in [1.165, 1.54) is 24.4 Å². The molecule has 9 heteroatoms. The number of amides is 1. The highest BCUT2D eigenvalue weighted by atomic mass is 16.6. The first-order valence-corrected chi connectivity index (χ1v) is 9.07. The molecule has 0 spiro atoms. The number of pyridine rings is 1. The number of nitrogens with one attached hydrogen (secondary N) is 2. The van der Waals surface area contributed by atoms with Crippen molar-refractivity contribution in [2.24, 2.45) is 0 Å². The lowest BCUT2D eigenvalue weighted by atomic mass is 10.1. The Labute approximate surface area is 172 Å². The van der Waals surface area contributed by atoms with Crippen molar-refractivity contribution in [2.75, 3.05) is 31.0 Å². The summed E-state index contributed by atoms with van der Waals surface area (Å²) in [4.78, 5) is 27.8. The van der Waals surface area contributed by atoms with Crippen LogP contribution in [0.5, 0.6) is 5.88 Å². The van der Waals surface area contributed by atoms with Crippen molar-refractivity contribution in [3.05, 3.63) is 82.5 Å². The minimum absolute atomic E-state index is 0.131. The molecule has 0 radical (unpaired) electrons. The summed E-state index contributed by atoms with van der Waals surface area (Å²) >= 11 is 0. The molecule has 0 aliphatic rings. The molecule has 0 fully saturated rings. The van der Waals surface area contributed by atoms with Gasteiger partial charge in [0.1, 0.15) is 18.0 Å². The van der Waals surface area contributed by atoms with Crippen molar-refractivity contribution in [1.29, 1.82) is 0 Å². The summed E-state index contributed by atoms with van der Waals surface area (Å²) in [5, 5.41) is 17.2. The maximum atomic E-state index is 12.7. The van der Waals surface area contributed by atoms with Crippen LogP contribution in [0, 0.1) is 10.1 Å². The Morgan fingerprint density at radius 3 is 2.60 bits per heavy atom. The Bertz CT molecular complexity index is 1030. The van der Waals surface area contributed by atoms with Crippen LogP contribution in [0.25, 0.3) is 0 Å². The largest absolute Gasteiger partial charge is 0.474 e. The van der Waals surface area contributed by atoms with Crippen molar-refractivity contribution in [1.82, 2.24) is 4.98 Å². The van der Waals surface area contributed by atoms with Gasteiger partial charge in [-0.2, -0.15) is 0 Å². The number of nitro benzene ring substituents is 1. The second-order valence-corrected chi connectivity index (χ2v) is 6.13. The lowest BCUT2D eigenvalue weighted by Crippen LogP contribution is -2.15. The summed E-state index contributed by atoms with van der Waals surface area (Å²) in [5.74, 6) is -0.284. The van der Waals surface area contributed by atoms with Gasteiger partial charge in [-0.15, -0.1) is 0 Å². The number of carbonyl (C=O) groups is 1.